The van der Waals surface area contributed by atoms with E-state index in [1.165, 1.54) is 0 Å². The third kappa shape index (κ3) is 4.86. The van der Waals surface area contributed by atoms with Gasteiger partial charge in [-0.3, -0.25) is 10.1 Å². The Labute approximate surface area is 123 Å². The molecule has 21 heavy (non-hydrogen) atoms. The number of rotatable bonds is 5. The molecule has 0 aromatic carbocycles. The van der Waals surface area contributed by atoms with Gasteiger partial charge in [-0.05, 0) is 18.8 Å². The molecule has 0 spiro atoms. The summed E-state index contributed by atoms with van der Waals surface area (Å²) in [6.45, 7) is -0.178. The Hall–Kier alpha value is -0.800. The highest BCUT2D eigenvalue weighted by atomic mass is 32.2. The van der Waals surface area contributed by atoms with Crippen LogP contribution in [0.15, 0.2) is 0 Å². The summed E-state index contributed by atoms with van der Waals surface area (Å²) in [5.74, 6) is -3.28. The average Bonchev–Trinajstić information content (AvgIpc) is 2.90. The van der Waals surface area contributed by atoms with Gasteiger partial charge in [0.05, 0.1) is 18.8 Å². The topological polar surface area (TPSA) is 87.3 Å². The van der Waals surface area contributed by atoms with E-state index < -0.39 is 40.9 Å². The van der Waals surface area contributed by atoms with Crippen LogP contribution in [-0.2, 0) is 14.8 Å². The minimum absolute atomic E-state index is 0.00517. The second-order valence-corrected chi connectivity index (χ2v) is 7.71. The fraction of sp³-hybridized carbons (Fsp3) is 0.917. The van der Waals surface area contributed by atoms with Crippen molar-refractivity contribution >= 4 is 15.9 Å². The molecule has 6 nitrogen and oxygen atoms in total. The second-order valence-electron chi connectivity index (χ2n) is 5.93. The van der Waals surface area contributed by atoms with Crippen LogP contribution in [0.5, 0.6) is 0 Å². The predicted molar refractivity (Wildman–Crippen MR) is 73.5 cm³/mol. The number of carbonyl (C=O) groups excluding carboxylic acids is 1. The molecule has 1 amide bonds. The highest BCUT2D eigenvalue weighted by molar-refractivity contribution is 7.88. The third-order valence-corrected chi connectivity index (χ3v) is 4.72. The normalized spacial score (nSPS) is 32.2. The van der Waals surface area contributed by atoms with E-state index in [0.717, 1.165) is 25.5 Å². The zero-order valence-electron chi connectivity index (χ0n) is 11.9. The number of hydrogen-bond donors (Lipinski definition) is 3. The van der Waals surface area contributed by atoms with E-state index in [-0.39, 0.29) is 12.0 Å². The Morgan fingerprint density at radius 1 is 1.38 bits per heavy atom. The molecule has 0 aromatic rings. The van der Waals surface area contributed by atoms with Crippen LogP contribution in [-0.4, -0.2) is 51.7 Å². The Bertz CT molecular complexity index is 498. The van der Waals surface area contributed by atoms with Gasteiger partial charge < -0.3 is 5.32 Å². The summed E-state index contributed by atoms with van der Waals surface area (Å²) in [5, 5.41) is 5.15. The molecule has 2 fully saturated rings. The van der Waals surface area contributed by atoms with E-state index >= 15 is 0 Å². The van der Waals surface area contributed by atoms with Crippen molar-refractivity contribution in [3.8, 4) is 0 Å². The molecule has 0 aromatic heterocycles. The van der Waals surface area contributed by atoms with Crippen molar-refractivity contribution in [3.63, 3.8) is 0 Å². The van der Waals surface area contributed by atoms with Crippen molar-refractivity contribution in [2.45, 2.75) is 43.7 Å². The molecule has 3 unspecified atom stereocenters. The minimum Gasteiger partial charge on any atom is -0.354 e. The molecular weight excluding hydrogens is 304 g/mol. The van der Waals surface area contributed by atoms with Gasteiger partial charge in [0.15, 0.2) is 0 Å². The van der Waals surface area contributed by atoms with Crippen LogP contribution in [0.2, 0.25) is 0 Å². The molecule has 3 N–H and O–H groups in total. The van der Waals surface area contributed by atoms with Gasteiger partial charge in [-0.15, -0.1) is 0 Å². The van der Waals surface area contributed by atoms with E-state index in [0.29, 0.717) is 6.54 Å². The average molecular weight is 325 g/mol. The minimum atomic E-state index is -3.28. The van der Waals surface area contributed by atoms with Gasteiger partial charge in [0.1, 0.15) is 0 Å². The maximum Gasteiger partial charge on any atom is 0.262 e. The lowest BCUT2D eigenvalue weighted by atomic mass is 10.0. The summed E-state index contributed by atoms with van der Waals surface area (Å²) >= 11 is 0. The SMILES string of the molecule is CS(=O)(=O)NC1CCCC1CNC(=O)C1CC(F)(F)CN1. The summed E-state index contributed by atoms with van der Waals surface area (Å²) in [4.78, 5) is 11.8. The molecule has 1 heterocycles. The molecule has 1 aliphatic carbocycles. The zero-order chi connectivity index (χ0) is 15.7. The van der Waals surface area contributed by atoms with Crippen LogP contribution in [0, 0.1) is 5.92 Å². The summed E-state index contributed by atoms with van der Waals surface area (Å²) in [6.07, 6.45) is 3.03. The van der Waals surface area contributed by atoms with Crippen molar-refractivity contribution < 1.29 is 22.0 Å². The van der Waals surface area contributed by atoms with Crippen LogP contribution in [0.3, 0.4) is 0 Å². The highest BCUT2D eigenvalue weighted by Crippen LogP contribution is 2.27. The number of alkyl halides is 2. The quantitative estimate of drug-likeness (QED) is 0.654. The summed E-state index contributed by atoms with van der Waals surface area (Å²) in [5.41, 5.74) is 0. The van der Waals surface area contributed by atoms with Gasteiger partial charge in [0.25, 0.3) is 5.92 Å². The Morgan fingerprint density at radius 3 is 2.67 bits per heavy atom. The van der Waals surface area contributed by atoms with Gasteiger partial charge in [-0.1, -0.05) is 6.42 Å². The maximum absolute atomic E-state index is 13.0. The van der Waals surface area contributed by atoms with Crippen molar-refractivity contribution in [3.05, 3.63) is 0 Å². The van der Waals surface area contributed by atoms with Gasteiger partial charge in [-0.2, -0.15) is 0 Å². The molecule has 9 heteroatoms. The van der Waals surface area contributed by atoms with Crippen LogP contribution in [0.4, 0.5) is 8.78 Å². The summed E-state index contributed by atoms with van der Waals surface area (Å²) in [7, 11) is -3.28. The van der Waals surface area contributed by atoms with Crippen molar-refractivity contribution in [1.29, 1.82) is 0 Å². The third-order valence-electron chi connectivity index (χ3n) is 3.99. The van der Waals surface area contributed by atoms with Crippen LogP contribution in [0.1, 0.15) is 25.7 Å². The lowest BCUT2D eigenvalue weighted by Gasteiger charge is -2.21. The molecule has 1 aliphatic heterocycles. The van der Waals surface area contributed by atoms with Gasteiger partial charge in [-0.25, -0.2) is 21.9 Å². The van der Waals surface area contributed by atoms with Gasteiger partial charge >= 0.3 is 0 Å². The monoisotopic (exact) mass is 325 g/mol. The van der Waals surface area contributed by atoms with Crippen molar-refractivity contribution in [2.75, 3.05) is 19.3 Å². The van der Waals surface area contributed by atoms with E-state index in [4.69, 9.17) is 0 Å². The van der Waals surface area contributed by atoms with E-state index in [1.807, 2.05) is 0 Å². The summed E-state index contributed by atoms with van der Waals surface area (Å²) in [6, 6.07) is -1.07. The molecule has 122 valence electrons. The molecule has 1 saturated heterocycles. The first-order chi connectivity index (χ1) is 9.66. The molecule has 2 aliphatic rings. The highest BCUT2D eigenvalue weighted by Gasteiger charge is 2.42. The number of hydrogen-bond acceptors (Lipinski definition) is 4. The maximum atomic E-state index is 13.0. The lowest BCUT2D eigenvalue weighted by Crippen LogP contribution is -2.45. The van der Waals surface area contributed by atoms with Crippen LogP contribution >= 0.6 is 0 Å². The largest absolute Gasteiger partial charge is 0.354 e. The van der Waals surface area contributed by atoms with Crippen molar-refractivity contribution in [1.82, 2.24) is 15.4 Å². The lowest BCUT2D eigenvalue weighted by molar-refractivity contribution is -0.123. The predicted octanol–water partition coefficient (Wildman–Crippen LogP) is -0.182. The van der Waals surface area contributed by atoms with E-state index in [9.17, 15) is 22.0 Å². The Morgan fingerprint density at radius 2 is 2.10 bits per heavy atom. The molecule has 1 saturated carbocycles. The Balaban J connectivity index is 1.81. The molecule has 0 bridgehead atoms. The summed E-state index contributed by atoms with van der Waals surface area (Å²) < 4.78 is 51.1. The van der Waals surface area contributed by atoms with Crippen LogP contribution < -0.4 is 15.4 Å². The molecule has 0 radical (unpaired) electrons. The van der Waals surface area contributed by atoms with Crippen molar-refractivity contribution in [2.24, 2.45) is 5.92 Å². The van der Waals surface area contributed by atoms with E-state index in [2.05, 4.69) is 15.4 Å². The first kappa shape index (κ1) is 16.6. The van der Waals surface area contributed by atoms with Crippen LogP contribution in [0.25, 0.3) is 0 Å². The first-order valence-corrected chi connectivity index (χ1v) is 8.92. The fourth-order valence-corrected chi connectivity index (χ4v) is 3.83. The zero-order valence-corrected chi connectivity index (χ0v) is 12.7. The molecule has 2 rings (SSSR count). The second kappa shape index (κ2) is 6.13. The number of amides is 1. The van der Waals surface area contributed by atoms with Gasteiger partial charge in [0.2, 0.25) is 15.9 Å². The first-order valence-electron chi connectivity index (χ1n) is 7.02. The van der Waals surface area contributed by atoms with E-state index in [1.54, 1.807) is 0 Å². The number of nitrogens with one attached hydrogen (secondary N) is 3. The smallest absolute Gasteiger partial charge is 0.262 e. The standard InChI is InChI=1S/C12H21F2N3O3S/c1-21(19,20)17-9-4-2-3-8(9)6-15-11(18)10-5-12(13,14)7-16-10/h8-10,16-17H,2-7H2,1H3,(H,15,18). The number of sulfonamides is 1. The number of carbonyl (C=O) groups is 1. The Kier molecular flexibility index (Phi) is 4.84. The molecular formula is C12H21F2N3O3S. The van der Waals surface area contributed by atoms with Gasteiger partial charge in [0, 0.05) is 19.0 Å². The number of halogens is 2. The molecule has 3 atom stereocenters. The fourth-order valence-electron chi connectivity index (χ4n) is 2.97.